The van der Waals surface area contributed by atoms with Gasteiger partial charge < -0.3 is 20.5 Å². The van der Waals surface area contributed by atoms with Crippen molar-refractivity contribution in [2.75, 3.05) is 37.7 Å². The van der Waals surface area contributed by atoms with Gasteiger partial charge in [0.15, 0.2) is 0 Å². The van der Waals surface area contributed by atoms with Crippen molar-refractivity contribution in [3.8, 4) is 0 Å². The van der Waals surface area contributed by atoms with Gasteiger partial charge in [-0.25, -0.2) is 4.98 Å². The molecule has 0 saturated heterocycles. The number of nitrogens with one attached hydrogen (secondary N) is 1. The van der Waals surface area contributed by atoms with Gasteiger partial charge in [-0.05, 0) is 19.2 Å². The van der Waals surface area contributed by atoms with Gasteiger partial charge in [0.05, 0.1) is 5.52 Å². The van der Waals surface area contributed by atoms with Gasteiger partial charge in [0, 0.05) is 42.6 Å². The summed E-state index contributed by atoms with van der Waals surface area (Å²) in [5, 5.41) is 5.61. The lowest BCUT2D eigenvalue weighted by Crippen LogP contribution is -2.27. The quantitative estimate of drug-likeness (QED) is 0.734. The number of aromatic nitrogens is 2. The van der Waals surface area contributed by atoms with Crippen molar-refractivity contribution in [2.45, 2.75) is 20.4 Å². The molecule has 0 aliphatic carbocycles. The first-order chi connectivity index (χ1) is 11.2. The highest BCUT2D eigenvalue weighted by Gasteiger charge is 2.16. The van der Waals surface area contributed by atoms with Crippen LogP contribution >= 0.6 is 0 Å². The predicted octanol–water partition coefficient (Wildman–Crippen LogP) is 3.16. The van der Waals surface area contributed by atoms with Crippen LogP contribution < -0.4 is 11.1 Å². The fourth-order valence-corrected chi connectivity index (χ4v) is 3.31. The lowest BCUT2D eigenvalue weighted by molar-refractivity contribution is 0.293. The molecule has 0 saturated carbocycles. The molecule has 2 aromatic heterocycles. The van der Waals surface area contributed by atoms with Crippen LogP contribution in [0.3, 0.4) is 0 Å². The molecule has 5 heteroatoms. The van der Waals surface area contributed by atoms with Gasteiger partial charge in [-0.3, -0.25) is 0 Å². The first-order valence-electron chi connectivity index (χ1n) is 8.26. The molecule has 3 N–H and O–H groups in total. The molecular formula is C18H25N5. The Bertz CT molecular complexity index is 817. The number of nitrogens with zero attached hydrogens (tertiary/aromatic N) is 3. The van der Waals surface area contributed by atoms with E-state index in [1.807, 2.05) is 13.2 Å². The van der Waals surface area contributed by atoms with Crippen molar-refractivity contribution in [3.05, 3.63) is 30.5 Å². The van der Waals surface area contributed by atoms with Gasteiger partial charge in [0.1, 0.15) is 11.5 Å². The van der Waals surface area contributed by atoms with Crippen molar-refractivity contribution in [1.29, 1.82) is 0 Å². The second-order valence-corrected chi connectivity index (χ2v) is 5.73. The number of anilines is 2. The number of para-hydroxylation sites is 1. The molecule has 1 aromatic carbocycles. The Kier molecular flexibility index (Phi) is 4.39. The molecule has 3 rings (SSSR count). The topological polar surface area (TPSA) is 59.1 Å². The zero-order valence-electron chi connectivity index (χ0n) is 14.1. The van der Waals surface area contributed by atoms with E-state index < -0.39 is 0 Å². The molecule has 0 aliphatic rings. The maximum absolute atomic E-state index is 6.10. The molecule has 122 valence electrons. The highest BCUT2D eigenvalue weighted by atomic mass is 15.1. The molecule has 0 atom stereocenters. The number of nitrogens with two attached hydrogens (primary N) is 1. The summed E-state index contributed by atoms with van der Waals surface area (Å²) in [4.78, 5) is 6.80. The predicted molar refractivity (Wildman–Crippen MR) is 99.0 cm³/mol. The molecule has 0 unspecified atom stereocenters. The molecule has 2 heterocycles. The van der Waals surface area contributed by atoms with Crippen LogP contribution in [0.4, 0.5) is 11.5 Å². The minimum absolute atomic E-state index is 0.548. The van der Waals surface area contributed by atoms with Gasteiger partial charge in [-0.15, -0.1) is 0 Å². The van der Waals surface area contributed by atoms with Gasteiger partial charge >= 0.3 is 0 Å². The second-order valence-electron chi connectivity index (χ2n) is 5.73. The molecular weight excluding hydrogens is 286 g/mol. The number of fused-ring (bicyclic) bond motifs is 3. The van der Waals surface area contributed by atoms with Crippen LogP contribution in [0.25, 0.3) is 21.8 Å². The summed E-state index contributed by atoms with van der Waals surface area (Å²) in [5.41, 5.74) is 9.40. The molecule has 5 nitrogen and oxygen atoms in total. The SMILES string of the molecule is CCN(CC)CCn1c2ccccc2c2cnc(N)c(NC)c21. The van der Waals surface area contributed by atoms with E-state index in [1.165, 1.54) is 10.9 Å². The van der Waals surface area contributed by atoms with Crippen LogP contribution in [0.2, 0.25) is 0 Å². The summed E-state index contributed by atoms with van der Waals surface area (Å²) in [6.07, 6.45) is 1.89. The van der Waals surface area contributed by atoms with Crippen molar-refractivity contribution in [2.24, 2.45) is 0 Å². The average Bonchev–Trinajstić information content (AvgIpc) is 2.90. The van der Waals surface area contributed by atoms with E-state index in [9.17, 15) is 0 Å². The Morgan fingerprint density at radius 3 is 2.61 bits per heavy atom. The lowest BCUT2D eigenvalue weighted by Gasteiger charge is -2.19. The van der Waals surface area contributed by atoms with E-state index in [-0.39, 0.29) is 0 Å². The molecule has 0 aliphatic heterocycles. The maximum atomic E-state index is 6.10. The Morgan fingerprint density at radius 1 is 1.17 bits per heavy atom. The smallest absolute Gasteiger partial charge is 0.148 e. The Morgan fingerprint density at radius 2 is 1.91 bits per heavy atom. The highest BCUT2D eigenvalue weighted by molar-refractivity contribution is 6.13. The minimum atomic E-state index is 0.548. The third kappa shape index (κ3) is 2.61. The molecule has 3 aromatic rings. The second kappa shape index (κ2) is 6.46. The minimum Gasteiger partial charge on any atom is -0.383 e. The zero-order valence-corrected chi connectivity index (χ0v) is 14.1. The van der Waals surface area contributed by atoms with Gasteiger partial charge in [-0.2, -0.15) is 0 Å². The van der Waals surface area contributed by atoms with Crippen LogP contribution in [0.5, 0.6) is 0 Å². The number of hydrogen-bond acceptors (Lipinski definition) is 4. The van der Waals surface area contributed by atoms with Crippen LogP contribution in [0.1, 0.15) is 13.8 Å². The molecule has 0 amide bonds. The van der Waals surface area contributed by atoms with Crippen molar-refractivity contribution < 1.29 is 0 Å². The Labute approximate surface area is 137 Å². The van der Waals surface area contributed by atoms with E-state index in [4.69, 9.17) is 5.73 Å². The summed E-state index contributed by atoms with van der Waals surface area (Å²) in [6.45, 7) is 8.50. The van der Waals surface area contributed by atoms with Crippen LogP contribution in [0.15, 0.2) is 30.5 Å². The van der Waals surface area contributed by atoms with Crippen LogP contribution in [-0.4, -0.2) is 41.1 Å². The summed E-state index contributed by atoms with van der Waals surface area (Å²) in [7, 11) is 1.90. The molecule has 0 bridgehead atoms. The monoisotopic (exact) mass is 311 g/mol. The molecule has 0 radical (unpaired) electrons. The van der Waals surface area contributed by atoms with E-state index in [2.05, 4.69) is 57.9 Å². The summed E-state index contributed by atoms with van der Waals surface area (Å²) < 4.78 is 2.37. The van der Waals surface area contributed by atoms with Gasteiger partial charge in [0.25, 0.3) is 0 Å². The summed E-state index contributed by atoms with van der Waals surface area (Å²) in [6, 6.07) is 8.49. The van der Waals surface area contributed by atoms with Crippen LogP contribution in [0, 0.1) is 0 Å². The van der Waals surface area contributed by atoms with E-state index in [0.29, 0.717) is 5.82 Å². The number of likely N-dealkylation sites (N-methyl/N-ethyl adjacent to an activating group) is 1. The van der Waals surface area contributed by atoms with Crippen LogP contribution in [-0.2, 0) is 6.54 Å². The standard InChI is InChI=1S/C18H25N5/c1-4-22(5-2)10-11-23-15-9-7-6-8-13(15)14-12-21-18(19)16(20-3)17(14)23/h6-9,12,20H,4-5,10-11H2,1-3H3,(H2,19,21). The first-order valence-corrected chi connectivity index (χ1v) is 8.26. The molecule has 23 heavy (non-hydrogen) atoms. The Balaban J connectivity index is 2.21. The maximum Gasteiger partial charge on any atom is 0.148 e. The van der Waals surface area contributed by atoms with Gasteiger partial charge in [-0.1, -0.05) is 32.0 Å². The average molecular weight is 311 g/mol. The Hall–Kier alpha value is -2.27. The molecule has 0 fully saturated rings. The van der Waals surface area contributed by atoms with Crippen molar-refractivity contribution >= 4 is 33.3 Å². The fraction of sp³-hybridized carbons (Fsp3) is 0.389. The number of rotatable bonds is 6. The van der Waals surface area contributed by atoms with E-state index >= 15 is 0 Å². The van der Waals surface area contributed by atoms with Crippen molar-refractivity contribution in [1.82, 2.24) is 14.5 Å². The lowest BCUT2D eigenvalue weighted by atomic mass is 10.2. The number of benzene rings is 1. The summed E-state index contributed by atoms with van der Waals surface area (Å²) in [5.74, 6) is 0.548. The normalized spacial score (nSPS) is 11.7. The largest absolute Gasteiger partial charge is 0.383 e. The number of nitrogen functional groups attached to an aromatic ring is 1. The van der Waals surface area contributed by atoms with Crippen molar-refractivity contribution in [3.63, 3.8) is 0 Å². The van der Waals surface area contributed by atoms with Gasteiger partial charge in [0.2, 0.25) is 0 Å². The molecule has 0 spiro atoms. The fourth-order valence-electron chi connectivity index (χ4n) is 3.31. The third-order valence-corrected chi connectivity index (χ3v) is 4.62. The summed E-state index contributed by atoms with van der Waals surface area (Å²) >= 11 is 0. The van der Waals surface area contributed by atoms with E-state index in [0.717, 1.165) is 42.8 Å². The number of hydrogen-bond donors (Lipinski definition) is 2. The first kappa shape index (κ1) is 15.6. The third-order valence-electron chi connectivity index (χ3n) is 4.62. The van der Waals surface area contributed by atoms with E-state index in [1.54, 1.807) is 0 Å². The highest BCUT2D eigenvalue weighted by Crippen LogP contribution is 2.35. The zero-order chi connectivity index (χ0) is 16.4. The number of pyridine rings is 1.